The van der Waals surface area contributed by atoms with Gasteiger partial charge in [-0.05, 0) is 57.2 Å². The number of nitrogens with zero attached hydrogens (tertiary/aromatic N) is 1. The van der Waals surface area contributed by atoms with Gasteiger partial charge in [0.05, 0.1) is 24.3 Å². The molecule has 1 aliphatic carbocycles. The molecule has 1 aliphatic rings. The van der Waals surface area contributed by atoms with Crippen molar-refractivity contribution in [2.75, 3.05) is 26.9 Å². The van der Waals surface area contributed by atoms with E-state index in [-0.39, 0.29) is 18.3 Å². The Kier molecular flexibility index (Phi) is 8.95. The van der Waals surface area contributed by atoms with Crippen LogP contribution in [0.25, 0.3) is 11.3 Å². The zero-order valence-corrected chi connectivity index (χ0v) is 21.5. The van der Waals surface area contributed by atoms with Crippen LogP contribution >= 0.6 is 11.6 Å². The van der Waals surface area contributed by atoms with Crippen LogP contribution in [0.2, 0.25) is 5.02 Å². The number of ether oxygens (including phenoxy) is 3. The molecule has 1 N–H and O–H groups in total. The highest BCUT2D eigenvalue weighted by atomic mass is 35.5. The molecule has 186 valence electrons. The number of halogens is 1. The molecule has 0 bridgehead atoms. The summed E-state index contributed by atoms with van der Waals surface area (Å²) in [5, 5.41) is 3.36. The quantitative estimate of drug-likeness (QED) is 0.445. The molecule has 1 aromatic carbocycles. The lowest BCUT2D eigenvalue weighted by molar-refractivity contribution is 0.0783. The van der Waals surface area contributed by atoms with Gasteiger partial charge in [0.1, 0.15) is 18.1 Å². The third kappa shape index (κ3) is 6.05. The number of nitrogens with one attached hydrogen (secondary N) is 1. The Morgan fingerprint density at radius 3 is 2.57 bits per heavy atom. The second kappa shape index (κ2) is 11.9. The molecular formula is C27H31ClN2O5. The summed E-state index contributed by atoms with van der Waals surface area (Å²) in [5.74, 6) is 0.704. The van der Waals surface area contributed by atoms with Crippen molar-refractivity contribution in [3.63, 3.8) is 0 Å². The number of hydrogen-bond donors (Lipinski definition) is 1. The molecule has 7 nitrogen and oxygen atoms in total. The van der Waals surface area contributed by atoms with Crippen molar-refractivity contribution in [1.29, 1.82) is 0 Å². The van der Waals surface area contributed by atoms with E-state index in [1.54, 1.807) is 18.2 Å². The fraction of sp³-hybridized carbons (Fsp3) is 0.333. The van der Waals surface area contributed by atoms with Crippen LogP contribution in [0.3, 0.4) is 0 Å². The molecule has 8 heteroatoms. The number of methoxy groups -OCH3 is 1. The highest BCUT2D eigenvalue weighted by molar-refractivity contribution is 6.32. The van der Waals surface area contributed by atoms with Gasteiger partial charge >= 0.3 is 0 Å². The van der Waals surface area contributed by atoms with Crippen molar-refractivity contribution >= 4 is 23.3 Å². The maximum absolute atomic E-state index is 13.2. The third-order valence-electron chi connectivity index (χ3n) is 5.74. The summed E-state index contributed by atoms with van der Waals surface area (Å²) in [5.41, 5.74) is 3.71. The summed E-state index contributed by atoms with van der Waals surface area (Å²) in [6.45, 7) is 6.54. The summed E-state index contributed by atoms with van der Waals surface area (Å²) in [6, 6.07) is 5.08. The number of ketones is 1. The van der Waals surface area contributed by atoms with Crippen LogP contribution in [0.4, 0.5) is 0 Å². The standard InChI is InChI=1S/C27H31ClN2O5/c1-6-34-16-25(31)22-15-26(33-5)23(28)13-21(22)24-14-20(17(3)30(24)4)27(32)29-18-9-8-10-19(12-11-18)35-7-2/h8,10-15H,6-7,9,16H2,1-5H3,(H,29,32). The van der Waals surface area contributed by atoms with Gasteiger partial charge in [-0.25, -0.2) is 0 Å². The minimum Gasteiger partial charge on any atom is -0.495 e. The number of benzene rings is 1. The van der Waals surface area contributed by atoms with E-state index < -0.39 is 0 Å². The van der Waals surface area contributed by atoms with Crippen LogP contribution in [0.15, 0.2) is 54.0 Å². The minimum absolute atomic E-state index is 0.0655. The van der Waals surface area contributed by atoms with Gasteiger partial charge in [0, 0.05) is 48.3 Å². The van der Waals surface area contributed by atoms with Gasteiger partial charge in [-0.1, -0.05) is 17.7 Å². The average Bonchev–Trinajstić information content (AvgIpc) is 2.99. The molecule has 0 saturated heterocycles. The van der Waals surface area contributed by atoms with Crippen LogP contribution < -0.4 is 10.1 Å². The van der Waals surface area contributed by atoms with Gasteiger partial charge < -0.3 is 24.1 Å². The Morgan fingerprint density at radius 2 is 1.89 bits per heavy atom. The van der Waals surface area contributed by atoms with E-state index in [4.69, 9.17) is 25.8 Å². The minimum atomic E-state index is -0.237. The Bertz CT molecular complexity index is 1210. The molecule has 0 saturated carbocycles. The molecule has 0 radical (unpaired) electrons. The Morgan fingerprint density at radius 1 is 1.11 bits per heavy atom. The van der Waals surface area contributed by atoms with Crippen LogP contribution in [-0.2, 0) is 16.5 Å². The zero-order chi connectivity index (χ0) is 25.5. The lowest BCUT2D eigenvalue weighted by Gasteiger charge is -2.14. The smallest absolute Gasteiger partial charge is 0.257 e. The van der Waals surface area contributed by atoms with Crippen LogP contribution in [-0.4, -0.2) is 43.2 Å². The number of rotatable bonds is 10. The van der Waals surface area contributed by atoms with Gasteiger partial charge in [-0.3, -0.25) is 9.59 Å². The largest absolute Gasteiger partial charge is 0.495 e. The molecule has 0 spiro atoms. The Labute approximate surface area is 211 Å². The topological polar surface area (TPSA) is 78.8 Å². The Hall–Kier alpha value is -3.29. The second-order valence-electron chi connectivity index (χ2n) is 7.93. The second-order valence-corrected chi connectivity index (χ2v) is 8.34. The van der Waals surface area contributed by atoms with Crippen molar-refractivity contribution in [3.8, 4) is 17.0 Å². The van der Waals surface area contributed by atoms with Crippen LogP contribution in [0, 0.1) is 6.92 Å². The molecule has 3 rings (SSSR count). The number of amides is 1. The van der Waals surface area contributed by atoms with Gasteiger partial charge in [-0.2, -0.15) is 0 Å². The fourth-order valence-electron chi connectivity index (χ4n) is 3.79. The van der Waals surface area contributed by atoms with E-state index in [0.29, 0.717) is 52.8 Å². The molecule has 35 heavy (non-hydrogen) atoms. The molecule has 0 aliphatic heterocycles. The third-order valence-corrected chi connectivity index (χ3v) is 6.03. The van der Waals surface area contributed by atoms with Crippen LogP contribution in [0.5, 0.6) is 5.75 Å². The normalized spacial score (nSPS) is 13.1. The SMILES string of the molecule is CCOCC(=O)c1cc(OC)c(Cl)cc1-c1cc(C(=O)NC2=CC=C(OCC)C=CC2)c(C)n1C. The summed E-state index contributed by atoms with van der Waals surface area (Å²) in [6.07, 6.45) is 8.08. The van der Waals surface area contributed by atoms with Gasteiger partial charge in [0.2, 0.25) is 0 Å². The maximum atomic E-state index is 13.2. The highest BCUT2D eigenvalue weighted by Gasteiger charge is 2.23. The summed E-state index contributed by atoms with van der Waals surface area (Å²) in [4.78, 5) is 26.1. The fourth-order valence-corrected chi connectivity index (χ4v) is 4.03. The number of allylic oxidation sites excluding steroid dienone is 4. The van der Waals surface area contributed by atoms with Crippen molar-refractivity contribution in [2.45, 2.75) is 27.2 Å². The van der Waals surface area contributed by atoms with E-state index in [2.05, 4.69) is 5.32 Å². The van der Waals surface area contributed by atoms with Gasteiger partial charge in [0.15, 0.2) is 5.78 Å². The maximum Gasteiger partial charge on any atom is 0.257 e. The summed E-state index contributed by atoms with van der Waals surface area (Å²) >= 11 is 6.41. The zero-order valence-electron chi connectivity index (χ0n) is 20.7. The first-order valence-electron chi connectivity index (χ1n) is 11.5. The first-order valence-corrected chi connectivity index (χ1v) is 11.8. The number of carbonyl (C=O) groups is 2. The van der Waals surface area contributed by atoms with E-state index in [0.717, 1.165) is 17.2 Å². The number of Topliss-reactive ketones (excluding diaryl/α,β-unsaturated/α-hetero) is 1. The number of hydrogen-bond acceptors (Lipinski definition) is 5. The van der Waals surface area contributed by atoms with Crippen molar-refractivity contribution in [3.05, 3.63) is 75.8 Å². The molecular weight excluding hydrogens is 468 g/mol. The molecule has 0 atom stereocenters. The monoisotopic (exact) mass is 498 g/mol. The van der Waals surface area contributed by atoms with Gasteiger partial charge in [-0.15, -0.1) is 0 Å². The predicted octanol–water partition coefficient (Wildman–Crippen LogP) is 5.38. The van der Waals surface area contributed by atoms with Crippen molar-refractivity contribution < 1.29 is 23.8 Å². The lowest BCUT2D eigenvalue weighted by atomic mass is 10.00. The molecule has 1 aromatic heterocycles. The molecule has 0 unspecified atom stereocenters. The first kappa shape index (κ1) is 26.3. The van der Waals surface area contributed by atoms with Gasteiger partial charge in [0.25, 0.3) is 5.91 Å². The van der Waals surface area contributed by atoms with E-state index in [1.807, 2.05) is 56.7 Å². The average molecular weight is 499 g/mol. The summed E-state index contributed by atoms with van der Waals surface area (Å²) in [7, 11) is 3.35. The van der Waals surface area contributed by atoms with E-state index in [9.17, 15) is 9.59 Å². The highest BCUT2D eigenvalue weighted by Crippen LogP contribution is 2.36. The Balaban J connectivity index is 1.97. The predicted molar refractivity (Wildman–Crippen MR) is 137 cm³/mol. The molecule has 1 amide bonds. The molecule has 1 heterocycles. The van der Waals surface area contributed by atoms with Crippen molar-refractivity contribution in [1.82, 2.24) is 9.88 Å². The van der Waals surface area contributed by atoms with E-state index >= 15 is 0 Å². The van der Waals surface area contributed by atoms with E-state index in [1.165, 1.54) is 7.11 Å². The first-order chi connectivity index (χ1) is 16.8. The van der Waals surface area contributed by atoms with Crippen LogP contribution in [0.1, 0.15) is 46.7 Å². The number of aromatic nitrogens is 1. The molecule has 2 aromatic rings. The molecule has 0 fully saturated rings. The van der Waals surface area contributed by atoms with Crippen molar-refractivity contribution in [2.24, 2.45) is 7.05 Å². The number of carbonyl (C=O) groups excluding carboxylic acids is 2. The summed E-state index contributed by atoms with van der Waals surface area (Å²) < 4.78 is 18.1. The lowest BCUT2D eigenvalue weighted by Crippen LogP contribution is -2.23.